The summed E-state index contributed by atoms with van der Waals surface area (Å²) in [6.07, 6.45) is 0.322. The van der Waals surface area contributed by atoms with Crippen molar-refractivity contribution in [3.63, 3.8) is 0 Å². The van der Waals surface area contributed by atoms with Gasteiger partial charge in [-0.2, -0.15) is 0 Å². The molecule has 2 saturated heterocycles. The maximum atomic E-state index is 13.4. The Hall–Kier alpha value is -0.740. The molecule has 0 aromatic rings. The summed E-state index contributed by atoms with van der Waals surface area (Å²) in [7, 11) is -1.21. The van der Waals surface area contributed by atoms with Crippen molar-refractivity contribution < 1.29 is 33.2 Å². The number of aliphatic hydroxyl groups excluding tert-OH is 1. The second kappa shape index (κ2) is 11.6. The van der Waals surface area contributed by atoms with Crippen molar-refractivity contribution in [1.29, 1.82) is 0 Å². The molecule has 2 aliphatic heterocycles. The lowest BCUT2D eigenvalue weighted by atomic mass is 9.95. The topological polar surface area (TPSA) is 101 Å². The van der Waals surface area contributed by atoms with Gasteiger partial charge in [0.2, 0.25) is 0 Å². The lowest BCUT2D eigenvalue weighted by molar-refractivity contribution is 0.0144. The molecule has 0 spiro atoms. The Bertz CT molecular complexity index is 564. The van der Waals surface area contributed by atoms with Gasteiger partial charge in [0, 0.05) is 38.1 Å². The van der Waals surface area contributed by atoms with Gasteiger partial charge in [0.1, 0.15) is 6.61 Å². The van der Waals surface area contributed by atoms with Gasteiger partial charge in [-0.05, 0) is 13.5 Å². The molecule has 2 heterocycles. The van der Waals surface area contributed by atoms with E-state index in [2.05, 4.69) is 13.8 Å². The second-order valence-electron chi connectivity index (χ2n) is 8.10. The summed E-state index contributed by atoms with van der Waals surface area (Å²) in [6.45, 7) is 8.96. The Labute approximate surface area is 173 Å². The van der Waals surface area contributed by atoms with Gasteiger partial charge < -0.3 is 28.7 Å². The molecule has 11 heteroatoms. The van der Waals surface area contributed by atoms with Gasteiger partial charge >= 0.3 is 13.8 Å². The van der Waals surface area contributed by atoms with Crippen LogP contribution < -0.4 is 0 Å². The number of carbonyl (C=O) groups is 1. The minimum absolute atomic E-state index is 0.0132. The van der Waals surface area contributed by atoms with E-state index in [1.165, 1.54) is 0 Å². The molecule has 0 aromatic carbocycles. The fourth-order valence-corrected chi connectivity index (χ4v) is 6.02. The van der Waals surface area contributed by atoms with E-state index < -0.39 is 7.67 Å². The van der Waals surface area contributed by atoms with Crippen LogP contribution in [0.3, 0.4) is 0 Å². The third-order valence-corrected chi connectivity index (χ3v) is 7.45. The third kappa shape index (κ3) is 7.47. The maximum absolute atomic E-state index is 13.4. The van der Waals surface area contributed by atoms with E-state index >= 15 is 0 Å². The van der Waals surface area contributed by atoms with Crippen LogP contribution in [-0.2, 0) is 23.3 Å². The first kappa shape index (κ1) is 24.5. The standard InChI is InChI=1S/C18H36N3O7P/c1-18(2)15-19(3)29(24,28-16-18)21-6-4-5-20(7-8-21)17(23)27-14-13-26-12-11-25-10-9-22/h22H,4-16H2,1-3H3. The zero-order chi connectivity index (χ0) is 21.3. The Kier molecular flexibility index (Phi) is 9.81. The summed E-state index contributed by atoms with van der Waals surface area (Å²) >= 11 is 0. The molecule has 0 radical (unpaired) electrons. The summed E-state index contributed by atoms with van der Waals surface area (Å²) in [6, 6.07) is 0. The molecule has 2 aliphatic rings. The molecule has 10 nitrogen and oxygen atoms in total. The Morgan fingerprint density at radius 3 is 2.45 bits per heavy atom. The number of ether oxygens (including phenoxy) is 3. The molecule has 29 heavy (non-hydrogen) atoms. The van der Waals surface area contributed by atoms with Gasteiger partial charge in [-0.15, -0.1) is 0 Å². The summed E-state index contributed by atoms with van der Waals surface area (Å²) in [5, 5.41) is 8.59. The minimum Gasteiger partial charge on any atom is -0.447 e. The van der Waals surface area contributed by atoms with Gasteiger partial charge in [0.25, 0.3) is 0 Å². The quantitative estimate of drug-likeness (QED) is 0.422. The van der Waals surface area contributed by atoms with E-state index in [-0.39, 0.29) is 37.9 Å². The molecule has 0 saturated carbocycles. The Morgan fingerprint density at radius 2 is 1.76 bits per heavy atom. The molecule has 0 aliphatic carbocycles. The molecule has 1 amide bonds. The number of carbonyl (C=O) groups excluding carboxylic acids is 1. The van der Waals surface area contributed by atoms with Crippen molar-refractivity contribution in [2.45, 2.75) is 20.3 Å². The summed E-state index contributed by atoms with van der Waals surface area (Å²) in [4.78, 5) is 13.9. The first-order valence-corrected chi connectivity index (χ1v) is 11.7. The van der Waals surface area contributed by atoms with Crippen LogP contribution in [0, 0.1) is 5.41 Å². The molecule has 1 unspecified atom stereocenters. The first-order chi connectivity index (χ1) is 13.8. The van der Waals surface area contributed by atoms with E-state index in [9.17, 15) is 9.36 Å². The highest BCUT2D eigenvalue weighted by Gasteiger charge is 2.44. The highest BCUT2D eigenvalue weighted by molar-refractivity contribution is 7.54. The first-order valence-electron chi connectivity index (χ1n) is 10.2. The normalized spacial score (nSPS) is 26.3. The van der Waals surface area contributed by atoms with E-state index in [0.29, 0.717) is 59.0 Å². The minimum atomic E-state index is -3.05. The van der Waals surface area contributed by atoms with Crippen molar-refractivity contribution in [2.75, 3.05) is 86.0 Å². The van der Waals surface area contributed by atoms with Crippen molar-refractivity contribution in [1.82, 2.24) is 14.2 Å². The van der Waals surface area contributed by atoms with Crippen LogP contribution in [0.5, 0.6) is 0 Å². The van der Waals surface area contributed by atoms with Crippen LogP contribution in [0.4, 0.5) is 4.79 Å². The predicted molar refractivity (Wildman–Crippen MR) is 108 cm³/mol. The number of amides is 1. The van der Waals surface area contributed by atoms with Crippen LogP contribution in [0.15, 0.2) is 0 Å². The molecule has 0 bridgehead atoms. The lowest BCUT2D eigenvalue weighted by Gasteiger charge is -2.44. The Morgan fingerprint density at radius 1 is 1.07 bits per heavy atom. The van der Waals surface area contributed by atoms with Crippen LogP contribution in [0.2, 0.25) is 0 Å². The largest absolute Gasteiger partial charge is 0.447 e. The third-order valence-electron chi connectivity index (χ3n) is 4.86. The molecular formula is C18H36N3O7P. The fraction of sp³-hybridized carbons (Fsp3) is 0.944. The zero-order valence-electron chi connectivity index (χ0n) is 17.9. The van der Waals surface area contributed by atoms with Crippen molar-refractivity contribution >= 4 is 13.8 Å². The van der Waals surface area contributed by atoms with E-state index in [1.807, 2.05) is 16.4 Å². The van der Waals surface area contributed by atoms with Gasteiger partial charge in [-0.1, -0.05) is 13.8 Å². The van der Waals surface area contributed by atoms with Gasteiger partial charge in [-0.3, -0.25) is 4.57 Å². The van der Waals surface area contributed by atoms with E-state index in [1.54, 1.807) is 4.90 Å². The summed E-state index contributed by atoms with van der Waals surface area (Å²) in [5.41, 5.74) is -0.0304. The Balaban J connectivity index is 1.71. The SMILES string of the molecule is CN1CC(C)(C)COP1(=O)N1CCCN(C(=O)OCCOCCOCCO)CC1. The molecular weight excluding hydrogens is 401 g/mol. The molecule has 2 rings (SSSR count). The number of hydrogen-bond acceptors (Lipinski definition) is 7. The van der Waals surface area contributed by atoms with Crippen molar-refractivity contribution in [3.8, 4) is 0 Å². The summed E-state index contributed by atoms with van der Waals surface area (Å²) in [5.74, 6) is 0. The number of rotatable bonds is 9. The molecule has 1 N–H and O–H groups in total. The van der Waals surface area contributed by atoms with Crippen LogP contribution >= 0.6 is 7.67 Å². The zero-order valence-corrected chi connectivity index (χ0v) is 18.8. The highest BCUT2D eigenvalue weighted by Crippen LogP contribution is 2.57. The van der Waals surface area contributed by atoms with E-state index in [0.717, 1.165) is 0 Å². The predicted octanol–water partition coefficient (Wildman–Crippen LogP) is 1.25. The van der Waals surface area contributed by atoms with Gasteiger partial charge in [0.05, 0.1) is 39.6 Å². The molecule has 0 aromatic heterocycles. The number of hydrogen-bond donors (Lipinski definition) is 1. The lowest BCUT2D eigenvalue weighted by Crippen LogP contribution is -2.44. The van der Waals surface area contributed by atoms with Gasteiger partial charge in [0.15, 0.2) is 0 Å². The molecule has 2 fully saturated rings. The monoisotopic (exact) mass is 437 g/mol. The summed E-state index contributed by atoms with van der Waals surface area (Å²) < 4.78 is 38.6. The van der Waals surface area contributed by atoms with Crippen molar-refractivity contribution in [3.05, 3.63) is 0 Å². The fourth-order valence-electron chi connectivity index (χ4n) is 3.41. The van der Waals surface area contributed by atoms with Crippen LogP contribution in [-0.4, -0.2) is 111 Å². The molecule has 170 valence electrons. The van der Waals surface area contributed by atoms with Crippen LogP contribution in [0.1, 0.15) is 20.3 Å². The smallest absolute Gasteiger partial charge is 0.409 e. The van der Waals surface area contributed by atoms with Crippen LogP contribution in [0.25, 0.3) is 0 Å². The van der Waals surface area contributed by atoms with Crippen molar-refractivity contribution in [2.24, 2.45) is 5.41 Å². The average molecular weight is 437 g/mol. The highest BCUT2D eigenvalue weighted by atomic mass is 31.2. The second-order valence-corrected chi connectivity index (χ2v) is 10.6. The maximum Gasteiger partial charge on any atom is 0.409 e. The number of nitrogens with zero attached hydrogens (tertiary/aromatic N) is 3. The van der Waals surface area contributed by atoms with E-state index in [4.69, 9.17) is 23.8 Å². The molecule has 1 atom stereocenters. The number of aliphatic hydroxyl groups is 1. The average Bonchev–Trinajstić information content (AvgIpc) is 2.93. The van der Waals surface area contributed by atoms with Gasteiger partial charge in [-0.25, -0.2) is 14.1 Å².